The largest absolute Gasteiger partial charge is 0.352 e. The van der Waals surface area contributed by atoms with E-state index in [2.05, 4.69) is 31.3 Å². The molecule has 1 aliphatic heterocycles. The lowest BCUT2D eigenvalue weighted by atomic mass is 9.85. The summed E-state index contributed by atoms with van der Waals surface area (Å²) in [6, 6.07) is 6.24. The van der Waals surface area contributed by atoms with E-state index in [4.69, 9.17) is 5.73 Å². The second-order valence-electron chi connectivity index (χ2n) is 5.79. The van der Waals surface area contributed by atoms with Gasteiger partial charge in [-0.15, -0.1) is 0 Å². The van der Waals surface area contributed by atoms with E-state index in [1.165, 1.54) is 0 Å². The maximum atomic E-state index is 11.9. The SMILES string of the molecule is CCCC(CCC)C(N)c1ccc2c(c1)C(=O)NCC2. The third-order valence-corrected chi connectivity index (χ3v) is 4.27. The predicted molar refractivity (Wildman–Crippen MR) is 82.7 cm³/mol. The molecular weight excluding hydrogens is 248 g/mol. The molecule has 0 fully saturated rings. The van der Waals surface area contributed by atoms with Gasteiger partial charge in [0.1, 0.15) is 0 Å². The van der Waals surface area contributed by atoms with Crippen LogP contribution >= 0.6 is 0 Å². The molecule has 0 spiro atoms. The summed E-state index contributed by atoms with van der Waals surface area (Å²) in [5.74, 6) is 0.553. The summed E-state index contributed by atoms with van der Waals surface area (Å²) < 4.78 is 0. The molecule has 0 radical (unpaired) electrons. The first-order valence-electron chi connectivity index (χ1n) is 7.84. The predicted octanol–water partition coefficient (Wildman–Crippen LogP) is 3.19. The summed E-state index contributed by atoms with van der Waals surface area (Å²) in [6.45, 7) is 5.15. The van der Waals surface area contributed by atoms with Gasteiger partial charge >= 0.3 is 0 Å². The minimum atomic E-state index is 0.0370. The summed E-state index contributed by atoms with van der Waals surface area (Å²) in [5, 5.41) is 2.90. The molecule has 1 atom stereocenters. The summed E-state index contributed by atoms with van der Waals surface area (Å²) in [4.78, 5) is 11.9. The third-order valence-electron chi connectivity index (χ3n) is 4.27. The van der Waals surface area contributed by atoms with Crippen LogP contribution in [0.1, 0.15) is 67.1 Å². The number of rotatable bonds is 6. The first-order valence-corrected chi connectivity index (χ1v) is 7.84. The molecule has 1 heterocycles. The van der Waals surface area contributed by atoms with Crippen LogP contribution in [0.3, 0.4) is 0 Å². The van der Waals surface area contributed by atoms with Crippen LogP contribution in [-0.2, 0) is 6.42 Å². The van der Waals surface area contributed by atoms with Gasteiger partial charge in [-0.3, -0.25) is 4.79 Å². The Morgan fingerprint density at radius 1 is 1.25 bits per heavy atom. The summed E-state index contributed by atoms with van der Waals surface area (Å²) in [6.07, 6.45) is 5.54. The number of fused-ring (bicyclic) bond motifs is 1. The number of carbonyl (C=O) groups is 1. The van der Waals surface area contributed by atoms with E-state index >= 15 is 0 Å². The van der Waals surface area contributed by atoms with Gasteiger partial charge in [-0.1, -0.05) is 38.8 Å². The van der Waals surface area contributed by atoms with Gasteiger partial charge in [0.2, 0.25) is 0 Å². The van der Waals surface area contributed by atoms with Gasteiger partial charge in [0.15, 0.2) is 0 Å². The molecule has 1 aromatic rings. The first-order chi connectivity index (χ1) is 9.67. The molecule has 0 saturated carbocycles. The van der Waals surface area contributed by atoms with Gasteiger partial charge in [0.05, 0.1) is 0 Å². The number of amides is 1. The average molecular weight is 274 g/mol. The standard InChI is InChI=1S/C17H26N2O/c1-3-5-13(6-4-2)16(18)14-8-7-12-9-10-19-17(20)15(12)11-14/h7-8,11,13,16H,3-6,9-10,18H2,1-2H3,(H,19,20). The lowest BCUT2D eigenvalue weighted by Crippen LogP contribution is -2.32. The van der Waals surface area contributed by atoms with Crippen molar-refractivity contribution in [2.75, 3.05) is 6.54 Å². The van der Waals surface area contributed by atoms with Crippen molar-refractivity contribution in [3.63, 3.8) is 0 Å². The molecule has 3 nitrogen and oxygen atoms in total. The molecule has 3 N–H and O–H groups in total. The quantitative estimate of drug-likeness (QED) is 0.837. The Labute approximate surface area is 121 Å². The normalized spacial score (nSPS) is 15.9. The van der Waals surface area contributed by atoms with Gasteiger partial charge in [-0.25, -0.2) is 0 Å². The van der Waals surface area contributed by atoms with Crippen LogP contribution in [0.4, 0.5) is 0 Å². The van der Waals surface area contributed by atoms with Gasteiger partial charge in [0.25, 0.3) is 5.91 Å². The van der Waals surface area contributed by atoms with Crippen molar-refractivity contribution in [2.24, 2.45) is 11.7 Å². The molecule has 110 valence electrons. The van der Waals surface area contributed by atoms with Crippen molar-refractivity contribution in [1.82, 2.24) is 5.32 Å². The lowest BCUT2D eigenvalue weighted by Gasteiger charge is -2.25. The van der Waals surface area contributed by atoms with Gasteiger partial charge in [-0.05, 0) is 42.4 Å². The van der Waals surface area contributed by atoms with Crippen molar-refractivity contribution < 1.29 is 4.79 Å². The highest BCUT2D eigenvalue weighted by atomic mass is 16.1. The fourth-order valence-corrected chi connectivity index (χ4v) is 3.15. The fraction of sp³-hybridized carbons (Fsp3) is 0.588. The van der Waals surface area contributed by atoms with Crippen LogP contribution in [0.15, 0.2) is 18.2 Å². The molecule has 1 amide bonds. The zero-order valence-corrected chi connectivity index (χ0v) is 12.6. The van der Waals surface area contributed by atoms with E-state index < -0.39 is 0 Å². The van der Waals surface area contributed by atoms with Gasteiger partial charge in [-0.2, -0.15) is 0 Å². The Kier molecular flexibility index (Phi) is 5.18. The van der Waals surface area contributed by atoms with Crippen LogP contribution < -0.4 is 11.1 Å². The van der Waals surface area contributed by atoms with E-state index in [0.29, 0.717) is 5.92 Å². The Morgan fingerprint density at radius 3 is 2.60 bits per heavy atom. The number of nitrogens with two attached hydrogens (primary N) is 1. The Bertz CT molecular complexity index is 464. The van der Waals surface area contributed by atoms with Crippen LogP contribution in [0.5, 0.6) is 0 Å². The van der Waals surface area contributed by atoms with Gasteiger partial charge < -0.3 is 11.1 Å². The molecule has 3 heteroatoms. The smallest absolute Gasteiger partial charge is 0.251 e. The second kappa shape index (κ2) is 6.89. The van der Waals surface area contributed by atoms with Crippen LogP contribution in [0.25, 0.3) is 0 Å². The van der Waals surface area contributed by atoms with Crippen molar-refractivity contribution >= 4 is 5.91 Å². The molecule has 2 rings (SSSR count). The topological polar surface area (TPSA) is 55.1 Å². The Hall–Kier alpha value is -1.35. The summed E-state index contributed by atoms with van der Waals surface area (Å²) >= 11 is 0. The Balaban J connectivity index is 2.23. The average Bonchev–Trinajstić information content (AvgIpc) is 2.46. The number of hydrogen-bond donors (Lipinski definition) is 2. The minimum absolute atomic E-state index is 0.0370. The highest BCUT2D eigenvalue weighted by Gasteiger charge is 2.22. The summed E-state index contributed by atoms with van der Waals surface area (Å²) in [5.41, 5.74) is 9.52. The molecular formula is C17H26N2O. The maximum absolute atomic E-state index is 11.9. The number of hydrogen-bond acceptors (Lipinski definition) is 2. The number of carbonyl (C=O) groups excluding carboxylic acids is 1. The van der Waals surface area contributed by atoms with Crippen molar-refractivity contribution in [3.05, 3.63) is 34.9 Å². The highest BCUT2D eigenvalue weighted by molar-refractivity contribution is 5.96. The van der Waals surface area contributed by atoms with E-state index in [1.807, 2.05) is 6.07 Å². The molecule has 1 aliphatic rings. The van der Waals surface area contributed by atoms with Gasteiger partial charge in [0, 0.05) is 18.2 Å². The molecule has 0 bridgehead atoms. The van der Waals surface area contributed by atoms with E-state index in [9.17, 15) is 4.79 Å². The van der Waals surface area contributed by atoms with Crippen LogP contribution in [0.2, 0.25) is 0 Å². The van der Waals surface area contributed by atoms with E-state index in [0.717, 1.165) is 55.3 Å². The lowest BCUT2D eigenvalue weighted by molar-refractivity contribution is 0.0946. The molecule has 1 aromatic carbocycles. The molecule has 0 aromatic heterocycles. The monoisotopic (exact) mass is 274 g/mol. The maximum Gasteiger partial charge on any atom is 0.251 e. The molecule has 20 heavy (non-hydrogen) atoms. The zero-order chi connectivity index (χ0) is 14.5. The Morgan fingerprint density at radius 2 is 1.95 bits per heavy atom. The van der Waals surface area contributed by atoms with E-state index in [1.54, 1.807) is 0 Å². The minimum Gasteiger partial charge on any atom is -0.352 e. The fourth-order valence-electron chi connectivity index (χ4n) is 3.15. The van der Waals surface area contributed by atoms with Crippen LogP contribution in [0, 0.1) is 5.92 Å². The van der Waals surface area contributed by atoms with Crippen molar-refractivity contribution in [3.8, 4) is 0 Å². The van der Waals surface area contributed by atoms with Crippen molar-refractivity contribution in [2.45, 2.75) is 52.0 Å². The van der Waals surface area contributed by atoms with Crippen molar-refractivity contribution in [1.29, 1.82) is 0 Å². The van der Waals surface area contributed by atoms with Crippen LogP contribution in [-0.4, -0.2) is 12.5 Å². The molecule has 0 aliphatic carbocycles. The zero-order valence-electron chi connectivity index (χ0n) is 12.6. The second-order valence-corrected chi connectivity index (χ2v) is 5.79. The molecule has 0 saturated heterocycles. The number of nitrogens with one attached hydrogen (secondary N) is 1. The third kappa shape index (κ3) is 3.21. The van der Waals surface area contributed by atoms with E-state index in [-0.39, 0.29) is 11.9 Å². The summed E-state index contributed by atoms with van der Waals surface area (Å²) in [7, 11) is 0. The first kappa shape index (κ1) is 15.0. The highest BCUT2D eigenvalue weighted by Crippen LogP contribution is 2.29. The molecule has 1 unspecified atom stereocenters. The number of benzene rings is 1.